The number of rotatable bonds is 4. The summed E-state index contributed by atoms with van der Waals surface area (Å²) < 4.78 is 19.5. The number of piperidine rings is 1. The fourth-order valence-corrected chi connectivity index (χ4v) is 5.04. The molecule has 2 aromatic rings. The van der Waals surface area contributed by atoms with Crippen molar-refractivity contribution in [3.63, 3.8) is 0 Å². The molecule has 1 saturated heterocycles. The quantitative estimate of drug-likeness (QED) is 0.881. The monoisotopic (exact) mass is 375 g/mol. The van der Waals surface area contributed by atoms with Gasteiger partial charge in [-0.25, -0.2) is 9.18 Å². The Morgan fingerprint density at radius 2 is 1.93 bits per heavy atom. The van der Waals surface area contributed by atoms with Crippen LogP contribution in [0.2, 0.25) is 0 Å². The normalized spacial score (nSPS) is 28.0. The lowest BCUT2D eigenvalue weighted by Crippen LogP contribution is -2.53. The summed E-state index contributed by atoms with van der Waals surface area (Å²) in [5, 5.41) is 0. The molecule has 2 aliphatic rings. The van der Waals surface area contributed by atoms with Gasteiger partial charge in [0, 0.05) is 24.7 Å². The standard InChI is InChI=1S/C21H30FN3O2/c1-15-3-4-18-19(13-15)25(20(26)23-18)16-7-11-24(12-8-16)21(2)9-5-17(6-10-21)27-14-22/h3-4,13,16-17H,5-12,14H2,1-2H3,(H,23,26). The van der Waals surface area contributed by atoms with Crippen LogP contribution in [0.5, 0.6) is 0 Å². The van der Waals surface area contributed by atoms with E-state index in [9.17, 15) is 9.18 Å². The number of imidazole rings is 1. The summed E-state index contributed by atoms with van der Waals surface area (Å²) in [4.78, 5) is 18.1. The molecule has 4 rings (SSSR count). The molecular weight excluding hydrogens is 345 g/mol. The molecule has 2 fully saturated rings. The first-order chi connectivity index (χ1) is 13.0. The molecule has 1 aromatic heterocycles. The molecule has 0 spiro atoms. The Bertz CT molecular complexity index is 843. The maximum absolute atomic E-state index is 12.5. The largest absolute Gasteiger partial charge is 0.347 e. The molecule has 0 unspecified atom stereocenters. The molecular formula is C21H30FN3O2. The molecule has 1 aromatic carbocycles. The molecule has 1 aliphatic heterocycles. The predicted molar refractivity (Wildman–Crippen MR) is 105 cm³/mol. The summed E-state index contributed by atoms with van der Waals surface area (Å²) >= 11 is 0. The Morgan fingerprint density at radius 3 is 2.59 bits per heavy atom. The molecule has 1 saturated carbocycles. The number of H-pyrrole nitrogens is 1. The van der Waals surface area contributed by atoms with Crippen LogP contribution in [0.3, 0.4) is 0 Å². The van der Waals surface area contributed by atoms with Crippen LogP contribution >= 0.6 is 0 Å². The first kappa shape index (κ1) is 18.7. The molecule has 6 heteroatoms. The molecule has 2 heterocycles. The van der Waals surface area contributed by atoms with Gasteiger partial charge >= 0.3 is 5.69 Å². The number of alkyl halides is 1. The summed E-state index contributed by atoms with van der Waals surface area (Å²) in [6, 6.07) is 6.39. The molecule has 0 radical (unpaired) electrons. The molecule has 0 bridgehead atoms. The van der Waals surface area contributed by atoms with Crippen LogP contribution in [0.4, 0.5) is 4.39 Å². The molecule has 5 nitrogen and oxygen atoms in total. The SMILES string of the molecule is Cc1ccc2[nH]c(=O)n(C3CCN(C4(C)CCC(OCF)CC4)CC3)c2c1. The van der Waals surface area contributed by atoms with Crippen molar-refractivity contribution in [1.82, 2.24) is 14.5 Å². The van der Waals surface area contributed by atoms with Crippen LogP contribution in [0.1, 0.15) is 57.1 Å². The number of hydrogen-bond donors (Lipinski definition) is 1. The predicted octanol–water partition coefficient (Wildman–Crippen LogP) is 3.92. The van der Waals surface area contributed by atoms with Gasteiger partial charge in [0.15, 0.2) is 6.86 Å². The fourth-order valence-electron chi connectivity index (χ4n) is 5.04. The van der Waals surface area contributed by atoms with Crippen molar-refractivity contribution in [3.05, 3.63) is 34.2 Å². The number of halogens is 1. The maximum Gasteiger partial charge on any atom is 0.326 e. The number of likely N-dealkylation sites (tertiary alicyclic amines) is 1. The van der Waals surface area contributed by atoms with E-state index in [1.807, 2.05) is 16.7 Å². The van der Waals surface area contributed by atoms with E-state index in [1.165, 1.54) is 5.56 Å². The van der Waals surface area contributed by atoms with Crippen molar-refractivity contribution >= 4 is 11.0 Å². The minimum Gasteiger partial charge on any atom is -0.347 e. The molecule has 1 N–H and O–H groups in total. The number of hydrogen-bond acceptors (Lipinski definition) is 3. The second-order valence-electron chi connectivity index (χ2n) is 8.51. The zero-order valence-electron chi connectivity index (χ0n) is 16.3. The number of nitrogens with one attached hydrogen (secondary N) is 1. The zero-order chi connectivity index (χ0) is 19.0. The molecule has 0 amide bonds. The van der Waals surface area contributed by atoms with Crippen LogP contribution in [0, 0.1) is 6.92 Å². The van der Waals surface area contributed by atoms with Crippen molar-refractivity contribution in [3.8, 4) is 0 Å². The number of aromatic amines is 1. The molecule has 0 atom stereocenters. The van der Waals surface area contributed by atoms with E-state index in [1.54, 1.807) is 0 Å². The minimum atomic E-state index is -0.675. The second kappa shape index (κ2) is 7.40. The highest BCUT2D eigenvalue weighted by Crippen LogP contribution is 2.38. The minimum absolute atomic E-state index is 0.00383. The van der Waals surface area contributed by atoms with E-state index >= 15 is 0 Å². The first-order valence-electron chi connectivity index (χ1n) is 10.1. The van der Waals surface area contributed by atoms with Gasteiger partial charge in [-0.2, -0.15) is 0 Å². The lowest BCUT2D eigenvalue weighted by molar-refractivity contribution is -0.0567. The van der Waals surface area contributed by atoms with Gasteiger partial charge in [0.25, 0.3) is 0 Å². The van der Waals surface area contributed by atoms with E-state index in [4.69, 9.17) is 4.74 Å². The number of fused-ring (bicyclic) bond motifs is 1. The van der Waals surface area contributed by atoms with Gasteiger partial charge in [0.05, 0.1) is 17.1 Å². The highest BCUT2D eigenvalue weighted by atomic mass is 19.1. The third kappa shape index (κ3) is 3.57. The fraction of sp³-hybridized carbons (Fsp3) is 0.667. The van der Waals surface area contributed by atoms with Crippen molar-refractivity contribution in [2.24, 2.45) is 0 Å². The first-order valence-corrected chi connectivity index (χ1v) is 10.1. The van der Waals surface area contributed by atoms with Gasteiger partial charge in [0.2, 0.25) is 0 Å². The number of ether oxygens (including phenoxy) is 1. The third-order valence-electron chi connectivity index (χ3n) is 6.77. The summed E-state index contributed by atoms with van der Waals surface area (Å²) in [5.41, 5.74) is 3.29. The van der Waals surface area contributed by atoms with Crippen LogP contribution in [-0.4, -0.2) is 46.0 Å². The van der Waals surface area contributed by atoms with Gasteiger partial charge in [-0.15, -0.1) is 0 Å². The Kier molecular flexibility index (Phi) is 5.12. The van der Waals surface area contributed by atoms with E-state index in [0.29, 0.717) is 0 Å². The Morgan fingerprint density at radius 1 is 1.22 bits per heavy atom. The number of nitrogens with zero attached hydrogens (tertiary/aromatic N) is 2. The number of aromatic nitrogens is 2. The summed E-state index contributed by atoms with van der Waals surface area (Å²) in [6.45, 7) is 5.72. The molecule has 148 valence electrons. The van der Waals surface area contributed by atoms with E-state index in [0.717, 1.165) is 62.6 Å². The van der Waals surface area contributed by atoms with Crippen LogP contribution < -0.4 is 5.69 Å². The number of aryl methyl sites for hydroxylation is 1. The van der Waals surface area contributed by atoms with Crippen LogP contribution in [-0.2, 0) is 4.74 Å². The average Bonchev–Trinajstić information content (AvgIpc) is 2.99. The third-order valence-corrected chi connectivity index (χ3v) is 6.77. The van der Waals surface area contributed by atoms with Crippen molar-refractivity contribution in [2.75, 3.05) is 20.0 Å². The van der Waals surface area contributed by atoms with Gasteiger partial charge in [-0.3, -0.25) is 9.47 Å². The Balaban J connectivity index is 1.45. The maximum atomic E-state index is 12.5. The Hall–Kier alpha value is -1.66. The smallest absolute Gasteiger partial charge is 0.326 e. The lowest BCUT2D eigenvalue weighted by Gasteiger charge is -2.48. The van der Waals surface area contributed by atoms with Crippen molar-refractivity contribution in [1.29, 1.82) is 0 Å². The van der Waals surface area contributed by atoms with Gasteiger partial charge in [-0.05, 0) is 70.1 Å². The second-order valence-corrected chi connectivity index (χ2v) is 8.51. The lowest BCUT2D eigenvalue weighted by atomic mass is 9.79. The topological polar surface area (TPSA) is 50.3 Å². The van der Waals surface area contributed by atoms with Gasteiger partial charge in [0.1, 0.15) is 0 Å². The van der Waals surface area contributed by atoms with E-state index < -0.39 is 6.86 Å². The van der Waals surface area contributed by atoms with Crippen molar-refractivity contribution < 1.29 is 9.13 Å². The van der Waals surface area contributed by atoms with E-state index in [-0.39, 0.29) is 23.4 Å². The summed E-state index contributed by atoms with van der Waals surface area (Å²) in [7, 11) is 0. The highest BCUT2D eigenvalue weighted by Gasteiger charge is 2.38. The molecule has 1 aliphatic carbocycles. The van der Waals surface area contributed by atoms with Gasteiger partial charge < -0.3 is 9.72 Å². The van der Waals surface area contributed by atoms with Crippen LogP contribution in [0.15, 0.2) is 23.0 Å². The summed E-state index contributed by atoms with van der Waals surface area (Å²) in [6.07, 6.45) is 6.02. The Labute approximate surface area is 159 Å². The van der Waals surface area contributed by atoms with Gasteiger partial charge in [-0.1, -0.05) is 6.07 Å². The average molecular weight is 375 g/mol. The highest BCUT2D eigenvalue weighted by molar-refractivity contribution is 5.76. The molecule has 27 heavy (non-hydrogen) atoms. The zero-order valence-corrected chi connectivity index (χ0v) is 16.3. The van der Waals surface area contributed by atoms with Crippen LogP contribution in [0.25, 0.3) is 11.0 Å². The summed E-state index contributed by atoms with van der Waals surface area (Å²) in [5.74, 6) is 0. The van der Waals surface area contributed by atoms with Crippen molar-refractivity contribution in [2.45, 2.75) is 70.1 Å². The van der Waals surface area contributed by atoms with E-state index in [2.05, 4.69) is 29.8 Å². The number of benzene rings is 1.